The van der Waals surface area contributed by atoms with Gasteiger partial charge in [0.25, 0.3) is 0 Å². The minimum Gasteiger partial charge on any atom is -0.485 e. The van der Waals surface area contributed by atoms with Crippen LogP contribution in [0.15, 0.2) is 24.3 Å². The van der Waals surface area contributed by atoms with Crippen LogP contribution in [0.25, 0.3) is 0 Å². The lowest BCUT2D eigenvalue weighted by atomic mass is 10.0. The van der Waals surface area contributed by atoms with E-state index in [-0.39, 0.29) is 17.9 Å². The van der Waals surface area contributed by atoms with E-state index in [4.69, 9.17) is 21.1 Å². The minimum atomic E-state index is 0.00867. The Morgan fingerprint density at radius 3 is 2.74 bits per heavy atom. The highest BCUT2D eigenvalue weighted by atomic mass is 35.5. The summed E-state index contributed by atoms with van der Waals surface area (Å²) in [5.41, 5.74) is 0. The molecule has 1 amide bonds. The number of morpholine rings is 1. The van der Waals surface area contributed by atoms with Crippen molar-refractivity contribution in [2.75, 3.05) is 45.9 Å². The van der Waals surface area contributed by atoms with Crippen LogP contribution in [0, 0.1) is 5.92 Å². The van der Waals surface area contributed by atoms with Crippen LogP contribution in [0.3, 0.4) is 0 Å². The first-order chi connectivity index (χ1) is 11.1. The number of hydrogen-bond donors (Lipinski definition) is 0. The van der Waals surface area contributed by atoms with E-state index in [0.29, 0.717) is 23.9 Å². The van der Waals surface area contributed by atoms with Gasteiger partial charge in [-0.1, -0.05) is 30.7 Å². The molecule has 0 aliphatic carbocycles. The molecule has 1 aromatic carbocycles. The maximum Gasteiger partial charge on any atom is 0.226 e. The maximum atomic E-state index is 12.5. The second-order valence-corrected chi connectivity index (χ2v) is 6.63. The van der Waals surface area contributed by atoms with E-state index in [9.17, 15) is 4.79 Å². The van der Waals surface area contributed by atoms with Crippen molar-refractivity contribution in [3.63, 3.8) is 0 Å². The lowest BCUT2D eigenvalue weighted by Crippen LogP contribution is -2.58. The summed E-state index contributed by atoms with van der Waals surface area (Å²) in [7, 11) is 0. The molecule has 1 atom stereocenters. The average Bonchev–Trinajstić information content (AvgIpc) is 2.52. The number of hydrogen-bond acceptors (Lipinski definition) is 4. The molecule has 0 aromatic heterocycles. The fourth-order valence-electron chi connectivity index (χ4n) is 2.97. The smallest absolute Gasteiger partial charge is 0.226 e. The zero-order chi connectivity index (χ0) is 16.2. The fraction of sp³-hybridized carbons (Fsp3) is 0.588. The molecular weight excluding hydrogens is 316 g/mol. The molecule has 0 radical (unpaired) electrons. The summed E-state index contributed by atoms with van der Waals surface area (Å²) in [5, 5.41) is 0.609. The number of amides is 1. The van der Waals surface area contributed by atoms with Gasteiger partial charge in [0.15, 0.2) is 0 Å². The van der Waals surface area contributed by atoms with Crippen molar-refractivity contribution < 1.29 is 14.3 Å². The Morgan fingerprint density at radius 2 is 2.04 bits per heavy atom. The third-order valence-electron chi connectivity index (χ3n) is 4.35. The van der Waals surface area contributed by atoms with Crippen LogP contribution >= 0.6 is 11.6 Å². The number of halogens is 1. The quantitative estimate of drug-likeness (QED) is 0.822. The molecule has 2 aliphatic heterocycles. The number of ether oxygens (including phenoxy) is 2. The number of carbonyl (C=O) groups excluding carboxylic acids is 1. The summed E-state index contributed by atoms with van der Waals surface area (Å²) in [5.74, 6) is 0.900. The molecule has 0 spiro atoms. The van der Waals surface area contributed by atoms with Crippen molar-refractivity contribution in [1.29, 1.82) is 0 Å². The number of benzene rings is 1. The lowest BCUT2D eigenvalue weighted by molar-refractivity contribution is -0.144. The summed E-state index contributed by atoms with van der Waals surface area (Å²) < 4.78 is 11.2. The highest BCUT2D eigenvalue weighted by Gasteiger charge is 2.35. The molecule has 6 heteroatoms. The summed E-state index contributed by atoms with van der Waals surface area (Å²) in [4.78, 5) is 16.6. The second kappa shape index (κ2) is 7.51. The van der Waals surface area contributed by atoms with Gasteiger partial charge in [-0.2, -0.15) is 0 Å². The number of rotatable bonds is 5. The number of nitrogens with zero attached hydrogens (tertiary/aromatic N) is 2. The number of carbonyl (C=O) groups is 1. The van der Waals surface area contributed by atoms with Gasteiger partial charge in [0.05, 0.1) is 31.3 Å². The van der Waals surface area contributed by atoms with Gasteiger partial charge in [0.2, 0.25) is 5.91 Å². The van der Waals surface area contributed by atoms with E-state index in [1.54, 1.807) is 0 Å². The summed E-state index contributed by atoms with van der Waals surface area (Å²) in [6, 6.07) is 7.43. The van der Waals surface area contributed by atoms with Crippen molar-refractivity contribution in [2.24, 2.45) is 5.92 Å². The third kappa shape index (κ3) is 4.16. The average molecular weight is 339 g/mol. The standard InChI is InChI=1S/C17H23ClN2O3/c1-13(10-19-6-8-22-9-7-19)17(21)20-11-14(12-20)23-16-5-3-2-4-15(16)18/h2-5,13-14H,6-12H2,1H3/t13-/m1/s1. The Balaban J connectivity index is 1.43. The van der Waals surface area contributed by atoms with Crippen LogP contribution in [-0.4, -0.2) is 67.7 Å². The zero-order valence-corrected chi connectivity index (χ0v) is 14.2. The van der Waals surface area contributed by atoms with Crippen LogP contribution in [0.5, 0.6) is 5.75 Å². The Morgan fingerprint density at radius 1 is 1.35 bits per heavy atom. The topological polar surface area (TPSA) is 42.0 Å². The molecule has 0 unspecified atom stereocenters. The van der Waals surface area contributed by atoms with Gasteiger partial charge in [0.1, 0.15) is 11.9 Å². The van der Waals surface area contributed by atoms with Crippen molar-refractivity contribution in [3.8, 4) is 5.75 Å². The normalized spacial score (nSPS) is 20.9. The van der Waals surface area contributed by atoms with Gasteiger partial charge in [-0.3, -0.25) is 9.69 Å². The Labute approximate surface area is 142 Å². The Hall–Kier alpha value is -1.30. The van der Waals surface area contributed by atoms with Crippen LogP contribution in [-0.2, 0) is 9.53 Å². The van der Waals surface area contributed by atoms with Crippen LogP contribution in [0.4, 0.5) is 0 Å². The number of likely N-dealkylation sites (tertiary alicyclic amines) is 1. The largest absolute Gasteiger partial charge is 0.485 e. The van der Waals surface area contributed by atoms with E-state index in [0.717, 1.165) is 32.8 Å². The number of para-hydroxylation sites is 1. The molecule has 2 fully saturated rings. The highest BCUT2D eigenvalue weighted by Crippen LogP contribution is 2.27. The molecule has 0 saturated carbocycles. The summed E-state index contributed by atoms with van der Waals surface area (Å²) in [6.45, 7) is 7.42. The first-order valence-corrected chi connectivity index (χ1v) is 8.51. The third-order valence-corrected chi connectivity index (χ3v) is 4.66. The first kappa shape index (κ1) is 16.6. The van der Waals surface area contributed by atoms with Crippen LogP contribution in [0.1, 0.15) is 6.92 Å². The molecule has 0 N–H and O–H groups in total. The van der Waals surface area contributed by atoms with Crippen molar-refractivity contribution in [1.82, 2.24) is 9.80 Å². The van der Waals surface area contributed by atoms with E-state index < -0.39 is 0 Å². The van der Waals surface area contributed by atoms with E-state index >= 15 is 0 Å². The van der Waals surface area contributed by atoms with Crippen molar-refractivity contribution >= 4 is 17.5 Å². The molecule has 2 aliphatic rings. The molecule has 23 heavy (non-hydrogen) atoms. The molecule has 1 aromatic rings. The monoisotopic (exact) mass is 338 g/mol. The predicted octanol–water partition coefficient (Wildman–Crippen LogP) is 1.90. The SMILES string of the molecule is C[C@H](CN1CCOCC1)C(=O)N1CC(Oc2ccccc2Cl)C1. The predicted molar refractivity (Wildman–Crippen MR) is 88.9 cm³/mol. The van der Waals surface area contributed by atoms with E-state index in [1.165, 1.54) is 0 Å². The van der Waals surface area contributed by atoms with Gasteiger partial charge in [0, 0.05) is 25.6 Å². The Bertz CT molecular complexity index is 542. The van der Waals surface area contributed by atoms with Gasteiger partial charge in [-0.25, -0.2) is 0 Å². The van der Waals surface area contributed by atoms with Gasteiger partial charge >= 0.3 is 0 Å². The lowest BCUT2D eigenvalue weighted by Gasteiger charge is -2.41. The van der Waals surface area contributed by atoms with Gasteiger partial charge in [-0.05, 0) is 12.1 Å². The Kier molecular flexibility index (Phi) is 5.41. The minimum absolute atomic E-state index is 0.00867. The van der Waals surface area contributed by atoms with Crippen molar-refractivity contribution in [2.45, 2.75) is 13.0 Å². The molecule has 5 nitrogen and oxygen atoms in total. The first-order valence-electron chi connectivity index (χ1n) is 8.13. The maximum absolute atomic E-state index is 12.5. The van der Waals surface area contributed by atoms with E-state index in [2.05, 4.69) is 4.90 Å². The second-order valence-electron chi connectivity index (χ2n) is 6.23. The highest BCUT2D eigenvalue weighted by molar-refractivity contribution is 6.32. The van der Waals surface area contributed by atoms with Crippen LogP contribution < -0.4 is 4.74 Å². The van der Waals surface area contributed by atoms with Crippen LogP contribution in [0.2, 0.25) is 5.02 Å². The van der Waals surface area contributed by atoms with E-state index in [1.807, 2.05) is 36.1 Å². The molecule has 3 rings (SSSR count). The van der Waals surface area contributed by atoms with Gasteiger partial charge in [-0.15, -0.1) is 0 Å². The molecule has 2 heterocycles. The van der Waals surface area contributed by atoms with Crippen molar-refractivity contribution in [3.05, 3.63) is 29.3 Å². The molecule has 0 bridgehead atoms. The summed E-state index contributed by atoms with van der Waals surface area (Å²) in [6.07, 6.45) is 0.0365. The summed E-state index contributed by atoms with van der Waals surface area (Å²) >= 11 is 6.09. The molecular formula is C17H23ClN2O3. The zero-order valence-electron chi connectivity index (χ0n) is 13.4. The molecule has 126 valence electrons. The molecule has 2 saturated heterocycles. The fourth-order valence-corrected chi connectivity index (χ4v) is 3.15. The van der Waals surface area contributed by atoms with Gasteiger partial charge < -0.3 is 14.4 Å².